The second kappa shape index (κ2) is 9.46. The van der Waals surface area contributed by atoms with Gasteiger partial charge in [-0.3, -0.25) is 14.9 Å². The molecule has 10 heteroatoms. The Bertz CT molecular complexity index is 1040. The molecule has 2 atom stereocenters. The maximum absolute atomic E-state index is 13.4. The van der Waals surface area contributed by atoms with Gasteiger partial charge in [-0.05, 0) is 30.2 Å². The molecule has 1 aliphatic rings. The molecule has 1 amide bonds. The number of rotatable bonds is 6. The standard InChI is InChI=1S/C21H24BrN3O5S/c1-15(2)20-14-23(21(26)16-6-4-3-5-7-16)18(12-22)13-24(20)31(29,30)19-10-8-17(9-11-19)25(27)28/h3-11,15,18,20H,12-14H2,1-2H3/t18-,20+/m0/s1. The molecule has 0 aromatic heterocycles. The van der Waals surface area contributed by atoms with Crippen molar-refractivity contribution in [2.75, 3.05) is 18.4 Å². The molecule has 1 fully saturated rings. The Morgan fingerprint density at radius 1 is 1.13 bits per heavy atom. The molecule has 2 aromatic carbocycles. The van der Waals surface area contributed by atoms with Gasteiger partial charge < -0.3 is 4.90 Å². The van der Waals surface area contributed by atoms with Crippen molar-refractivity contribution in [1.82, 2.24) is 9.21 Å². The van der Waals surface area contributed by atoms with E-state index in [2.05, 4.69) is 15.9 Å². The predicted molar refractivity (Wildman–Crippen MR) is 121 cm³/mol. The number of hydrogen-bond donors (Lipinski definition) is 0. The van der Waals surface area contributed by atoms with Crippen LogP contribution in [-0.4, -0.2) is 59.0 Å². The summed E-state index contributed by atoms with van der Waals surface area (Å²) < 4.78 is 28.3. The summed E-state index contributed by atoms with van der Waals surface area (Å²) in [5.74, 6) is -0.182. The molecule has 0 N–H and O–H groups in total. The molecule has 0 bridgehead atoms. The number of non-ortho nitro benzene ring substituents is 1. The molecule has 8 nitrogen and oxygen atoms in total. The third kappa shape index (κ3) is 4.81. The van der Waals surface area contributed by atoms with Crippen LogP contribution in [0.3, 0.4) is 0 Å². The van der Waals surface area contributed by atoms with Gasteiger partial charge in [0.2, 0.25) is 10.0 Å². The highest BCUT2D eigenvalue weighted by Crippen LogP contribution is 2.30. The first-order chi connectivity index (χ1) is 14.7. The number of amides is 1. The third-order valence-corrected chi connectivity index (χ3v) is 8.12. The van der Waals surface area contributed by atoms with E-state index in [9.17, 15) is 23.3 Å². The van der Waals surface area contributed by atoms with E-state index in [-0.39, 0.29) is 41.5 Å². The van der Waals surface area contributed by atoms with Gasteiger partial charge in [0.15, 0.2) is 0 Å². The average Bonchev–Trinajstić information content (AvgIpc) is 2.78. The van der Waals surface area contributed by atoms with Crippen molar-refractivity contribution < 1.29 is 18.1 Å². The van der Waals surface area contributed by atoms with Gasteiger partial charge in [-0.25, -0.2) is 8.42 Å². The second-order valence-electron chi connectivity index (χ2n) is 7.77. The van der Waals surface area contributed by atoms with Crippen LogP contribution in [0.15, 0.2) is 59.5 Å². The largest absolute Gasteiger partial charge is 0.332 e. The average molecular weight is 510 g/mol. The van der Waals surface area contributed by atoms with Gasteiger partial charge in [-0.2, -0.15) is 4.31 Å². The Hall–Kier alpha value is -2.30. The molecule has 0 unspecified atom stereocenters. The summed E-state index contributed by atoms with van der Waals surface area (Å²) in [5.41, 5.74) is 0.388. The zero-order valence-corrected chi connectivity index (χ0v) is 19.6. The van der Waals surface area contributed by atoms with Crippen LogP contribution in [0.4, 0.5) is 5.69 Å². The van der Waals surface area contributed by atoms with Gasteiger partial charge >= 0.3 is 0 Å². The quantitative estimate of drug-likeness (QED) is 0.336. The lowest BCUT2D eigenvalue weighted by molar-refractivity contribution is -0.384. The van der Waals surface area contributed by atoms with E-state index in [1.54, 1.807) is 29.2 Å². The Morgan fingerprint density at radius 3 is 2.26 bits per heavy atom. The number of sulfonamides is 1. The molecule has 1 aliphatic heterocycles. The van der Waals surface area contributed by atoms with E-state index in [1.165, 1.54) is 28.6 Å². The van der Waals surface area contributed by atoms with Gasteiger partial charge in [0.25, 0.3) is 11.6 Å². The highest BCUT2D eigenvalue weighted by Gasteiger charge is 2.43. The maximum Gasteiger partial charge on any atom is 0.269 e. The first kappa shape index (κ1) is 23.4. The van der Waals surface area contributed by atoms with Crippen molar-refractivity contribution in [2.24, 2.45) is 5.92 Å². The zero-order valence-electron chi connectivity index (χ0n) is 17.2. The number of piperazine rings is 1. The van der Waals surface area contributed by atoms with Crippen molar-refractivity contribution in [2.45, 2.75) is 30.8 Å². The second-order valence-corrected chi connectivity index (χ2v) is 10.3. The SMILES string of the molecule is CC(C)[C@H]1CN(C(=O)c2ccccc2)[C@@H](CBr)CN1S(=O)(=O)c1ccc([N+](=O)[O-])cc1. The monoisotopic (exact) mass is 509 g/mol. The number of carbonyl (C=O) groups is 1. The number of halogens is 1. The molecular formula is C21H24BrN3O5S. The highest BCUT2D eigenvalue weighted by molar-refractivity contribution is 9.09. The smallest absolute Gasteiger partial charge is 0.269 e. The molecule has 1 saturated heterocycles. The first-order valence-corrected chi connectivity index (χ1v) is 12.4. The van der Waals surface area contributed by atoms with Crippen LogP contribution in [0, 0.1) is 16.0 Å². The molecule has 2 aromatic rings. The number of hydrogen-bond acceptors (Lipinski definition) is 5. The molecule has 0 aliphatic carbocycles. The highest BCUT2D eigenvalue weighted by atomic mass is 79.9. The summed E-state index contributed by atoms with van der Waals surface area (Å²) in [6.45, 7) is 4.23. The topological polar surface area (TPSA) is 101 Å². The van der Waals surface area contributed by atoms with Crippen molar-refractivity contribution in [3.05, 3.63) is 70.3 Å². The Labute approximate surface area is 190 Å². The Kier molecular flexibility index (Phi) is 7.13. The Morgan fingerprint density at radius 2 is 1.74 bits per heavy atom. The molecule has 0 radical (unpaired) electrons. The minimum atomic E-state index is -3.90. The molecule has 166 valence electrons. The minimum absolute atomic E-state index is 0.0000849. The molecule has 31 heavy (non-hydrogen) atoms. The minimum Gasteiger partial charge on any atom is -0.332 e. The van der Waals surface area contributed by atoms with Crippen LogP contribution in [0.2, 0.25) is 0 Å². The van der Waals surface area contributed by atoms with Crippen molar-refractivity contribution in [1.29, 1.82) is 0 Å². The summed E-state index contributed by atoms with van der Waals surface area (Å²) in [6.07, 6.45) is 0. The fourth-order valence-electron chi connectivity index (χ4n) is 3.71. The number of benzene rings is 2. The number of carbonyl (C=O) groups excluding carboxylic acids is 1. The summed E-state index contributed by atoms with van der Waals surface area (Å²) in [6, 6.07) is 13.0. The summed E-state index contributed by atoms with van der Waals surface area (Å²) in [4.78, 5) is 25.2. The van der Waals surface area contributed by atoms with Crippen LogP contribution < -0.4 is 0 Å². The van der Waals surface area contributed by atoms with E-state index in [1.807, 2.05) is 19.9 Å². The Balaban J connectivity index is 1.94. The summed E-state index contributed by atoms with van der Waals surface area (Å²) >= 11 is 3.43. The number of alkyl halides is 1. The molecular weight excluding hydrogens is 486 g/mol. The van der Waals surface area contributed by atoms with Gasteiger partial charge in [0.05, 0.1) is 15.9 Å². The van der Waals surface area contributed by atoms with Gasteiger partial charge in [-0.15, -0.1) is 0 Å². The fourth-order valence-corrected chi connectivity index (χ4v) is 6.05. The lowest BCUT2D eigenvalue weighted by Gasteiger charge is -2.46. The van der Waals surface area contributed by atoms with Crippen molar-refractivity contribution in [3.63, 3.8) is 0 Å². The lowest BCUT2D eigenvalue weighted by atomic mass is 9.99. The molecule has 0 spiro atoms. The van der Waals surface area contributed by atoms with Crippen molar-refractivity contribution in [3.8, 4) is 0 Å². The van der Waals surface area contributed by atoms with Gasteiger partial charge in [-0.1, -0.05) is 48.0 Å². The van der Waals surface area contributed by atoms with E-state index in [4.69, 9.17) is 0 Å². The third-order valence-electron chi connectivity index (χ3n) is 5.47. The molecule has 1 heterocycles. The summed E-state index contributed by atoms with van der Waals surface area (Å²) in [5, 5.41) is 11.3. The maximum atomic E-state index is 13.4. The number of nitro benzene ring substituents is 1. The van der Waals surface area contributed by atoms with Crippen LogP contribution in [0.25, 0.3) is 0 Å². The van der Waals surface area contributed by atoms with Crippen LogP contribution in [0.5, 0.6) is 0 Å². The van der Waals surface area contributed by atoms with E-state index in [0.717, 1.165) is 0 Å². The van der Waals surface area contributed by atoms with E-state index >= 15 is 0 Å². The first-order valence-electron chi connectivity index (χ1n) is 9.85. The lowest BCUT2D eigenvalue weighted by Crippen LogP contribution is -2.63. The van der Waals surface area contributed by atoms with Gasteiger partial charge in [0, 0.05) is 42.2 Å². The predicted octanol–water partition coefficient (Wildman–Crippen LogP) is 3.53. The van der Waals surface area contributed by atoms with Crippen LogP contribution >= 0.6 is 15.9 Å². The summed E-state index contributed by atoms with van der Waals surface area (Å²) in [7, 11) is -3.90. The van der Waals surface area contributed by atoms with Gasteiger partial charge in [0.1, 0.15) is 0 Å². The van der Waals surface area contributed by atoms with E-state index < -0.39 is 21.0 Å². The molecule has 3 rings (SSSR count). The number of nitro groups is 1. The van der Waals surface area contributed by atoms with Crippen molar-refractivity contribution >= 4 is 37.5 Å². The zero-order chi connectivity index (χ0) is 22.8. The number of nitrogens with zero attached hydrogens (tertiary/aromatic N) is 3. The molecule has 0 saturated carbocycles. The van der Waals surface area contributed by atoms with E-state index in [0.29, 0.717) is 10.9 Å². The van der Waals surface area contributed by atoms with Crippen LogP contribution in [0.1, 0.15) is 24.2 Å². The van der Waals surface area contributed by atoms with Crippen LogP contribution in [-0.2, 0) is 10.0 Å². The fraction of sp³-hybridized carbons (Fsp3) is 0.381. The normalized spacial score (nSPS) is 20.1.